The maximum absolute atomic E-state index is 12.6. The van der Waals surface area contributed by atoms with Crippen molar-refractivity contribution in [1.29, 1.82) is 0 Å². The van der Waals surface area contributed by atoms with Crippen LogP contribution in [0.25, 0.3) is 0 Å². The number of allylic oxidation sites excluding steroid dienone is 3. The van der Waals surface area contributed by atoms with Crippen LogP contribution in [0.3, 0.4) is 0 Å². The van der Waals surface area contributed by atoms with Gasteiger partial charge in [0.25, 0.3) is 11.8 Å². The van der Waals surface area contributed by atoms with E-state index in [9.17, 15) is 9.59 Å². The molecule has 1 aliphatic carbocycles. The van der Waals surface area contributed by atoms with Gasteiger partial charge in [0.2, 0.25) is 0 Å². The van der Waals surface area contributed by atoms with Gasteiger partial charge in [0.1, 0.15) is 18.1 Å². The van der Waals surface area contributed by atoms with Crippen molar-refractivity contribution in [1.82, 2.24) is 0 Å². The summed E-state index contributed by atoms with van der Waals surface area (Å²) in [7, 11) is 0. The molecular weight excluding hydrogens is 400 g/mol. The second-order valence-corrected chi connectivity index (χ2v) is 6.99. The summed E-state index contributed by atoms with van der Waals surface area (Å²) in [5, 5.41) is 0. The quantitative estimate of drug-likeness (QED) is 0.532. The van der Waals surface area contributed by atoms with Gasteiger partial charge in [0, 0.05) is 17.2 Å². The van der Waals surface area contributed by atoms with Gasteiger partial charge >= 0.3 is 0 Å². The fourth-order valence-corrected chi connectivity index (χ4v) is 3.03. The molecule has 0 bridgehead atoms. The van der Waals surface area contributed by atoms with E-state index in [-0.39, 0.29) is 11.8 Å². The van der Waals surface area contributed by atoms with Crippen molar-refractivity contribution < 1.29 is 14.3 Å². The molecule has 3 aromatic rings. The average molecular weight is 420 g/mol. The van der Waals surface area contributed by atoms with Crippen molar-refractivity contribution in [3.8, 4) is 0 Å². The van der Waals surface area contributed by atoms with E-state index in [1.165, 1.54) is 0 Å². The monoisotopic (exact) mass is 420 g/mol. The molecule has 0 N–H and O–H groups in total. The van der Waals surface area contributed by atoms with Gasteiger partial charge < -0.3 is 4.74 Å². The van der Waals surface area contributed by atoms with Gasteiger partial charge in [-0.1, -0.05) is 66.7 Å². The third-order valence-electron chi connectivity index (χ3n) is 4.67. The summed E-state index contributed by atoms with van der Waals surface area (Å²) in [5.74, 6) is -0.356. The van der Waals surface area contributed by atoms with Crippen LogP contribution in [0.1, 0.15) is 26.3 Å². The van der Waals surface area contributed by atoms with E-state index in [0.717, 1.165) is 5.56 Å². The lowest BCUT2D eigenvalue weighted by Gasteiger charge is -2.14. The number of carbonyl (C=O) groups is 2. The summed E-state index contributed by atoms with van der Waals surface area (Å²) in [6.45, 7) is 0.291. The average Bonchev–Trinajstić information content (AvgIpc) is 2.85. The summed E-state index contributed by atoms with van der Waals surface area (Å²) in [5.41, 5.74) is 2.74. The van der Waals surface area contributed by atoms with Gasteiger partial charge in [0.05, 0.1) is 5.71 Å². The molecule has 4 rings (SSSR count). The number of carbonyl (C=O) groups excluding carboxylic acids is 2. The molecule has 3 aromatic carbocycles. The summed E-state index contributed by atoms with van der Waals surface area (Å²) >= 11 is 0. The van der Waals surface area contributed by atoms with E-state index < -0.39 is 0 Å². The number of rotatable bonds is 5. The molecule has 0 aromatic heterocycles. The molecule has 0 atom stereocenters. The SMILES string of the molecule is O=C(N=C1C=CC(=NC(=O)c2ccccc2)C(OCc2ccccc2)=C1)c1ccccc1. The molecule has 1 aliphatic rings. The molecule has 0 unspecified atom stereocenters. The van der Waals surface area contributed by atoms with Crippen LogP contribution >= 0.6 is 0 Å². The Balaban J connectivity index is 1.61. The van der Waals surface area contributed by atoms with Crippen molar-refractivity contribution >= 4 is 23.2 Å². The van der Waals surface area contributed by atoms with Gasteiger partial charge in [-0.2, -0.15) is 0 Å². The number of hydrogen-bond donors (Lipinski definition) is 0. The second-order valence-electron chi connectivity index (χ2n) is 6.99. The van der Waals surface area contributed by atoms with Crippen LogP contribution in [0.2, 0.25) is 0 Å². The molecular formula is C27H20N2O3. The van der Waals surface area contributed by atoms with Crippen LogP contribution in [-0.4, -0.2) is 23.2 Å². The molecule has 0 aliphatic heterocycles. The highest BCUT2D eigenvalue weighted by Crippen LogP contribution is 2.15. The number of amides is 2. The molecule has 5 nitrogen and oxygen atoms in total. The van der Waals surface area contributed by atoms with Crippen LogP contribution in [-0.2, 0) is 11.3 Å². The van der Waals surface area contributed by atoms with Crippen LogP contribution < -0.4 is 0 Å². The van der Waals surface area contributed by atoms with Gasteiger partial charge in [-0.05, 0) is 42.0 Å². The Labute approximate surface area is 186 Å². The Bertz CT molecular complexity index is 1230. The van der Waals surface area contributed by atoms with E-state index in [4.69, 9.17) is 4.74 Å². The molecule has 0 heterocycles. The van der Waals surface area contributed by atoms with Crippen LogP contribution in [0.15, 0.2) is 125 Å². The zero-order chi connectivity index (χ0) is 22.2. The van der Waals surface area contributed by atoms with Crippen LogP contribution in [0.4, 0.5) is 0 Å². The first-order valence-electron chi connectivity index (χ1n) is 10.1. The van der Waals surface area contributed by atoms with E-state index in [2.05, 4.69) is 9.98 Å². The predicted molar refractivity (Wildman–Crippen MR) is 125 cm³/mol. The molecule has 32 heavy (non-hydrogen) atoms. The minimum atomic E-state index is -0.375. The van der Waals surface area contributed by atoms with Crippen LogP contribution in [0, 0.1) is 0 Å². The number of hydrogen-bond acceptors (Lipinski definition) is 3. The maximum atomic E-state index is 12.6. The number of ether oxygens (including phenoxy) is 1. The Morgan fingerprint density at radius 2 is 1.19 bits per heavy atom. The Morgan fingerprint density at radius 3 is 1.78 bits per heavy atom. The smallest absolute Gasteiger partial charge is 0.277 e. The van der Waals surface area contributed by atoms with Gasteiger partial charge in [-0.15, -0.1) is 0 Å². The number of benzene rings is 3. The van der Waals surface area contributed by atoms with E-state index >= 15 is 0 Å². The molecule has 0 radical (unpaired) electrons. The fraction of sp³-hybridized carbons (Fsp3) is 0.0370. The first kappa shape index (κ1) is 20.9. The summed E-state index contributed by atoms with van der Waals surface area (Å²) in [6, 6.07) is 27.3. The van der Waals surface area contributed by atoms with Crippen LogP contribution in [0.5, 0.6) is 0 Å². The zero-order valence-corrected chi connectivity index (χ0v) is 17.2. The standard InChI is InChI=1S/C27H20N2O3/c30-26(21-12-6-2-7-13-21)28-23-16-17-24(29-27(31)22-14-8-3-9-15-22)25(18-23)32-19-20-10-4-1-5-11-20/h1-18H,19H2. The van der Waals surface area contributed by atoms with Gasteiger partial charge in [-0.3, -0.25) is 9.59 Å². The van der Waals surface area contributed by atoms with Crippen molar-refractivity contribution in [2.45, 2.75) is 6.61 Å². The van der Waals surface area contributed by atoms with E-state index in [1.54, 1.807) is 66.8 Å². The third kappa shape index (κ3) is 5.40. The Morgan fingerprint density at radius 1 is 0.656 bits per heavy atom. The summed E-state index contributed by atoms with van der Waals surface area (Å²) < 4.78 is 5.97. The lowest BCUT2D eigenvalue weighted by molar-refractivity contribution is 0.0994. The van der Waals surface area contributed by atoms with Gasteiger partial charge in [0.15, 0.2) is 0 Å². The molecule has 2 amide bonds. The molecule has 0 spiro atoms. The molecule has 0 fully saturated rings. The largest absolute Gasteiger partial charge is 0.487 e. The van der Waals surface area contributed by atoms with Crippen molar-refractivity contribution in [2.24, 2.45) is 9.98 Å². The van der Waals surface area contributed by atoms with E-state index in [0.29, 0.717) is 34.9 Å². The number of nitrogens with zero attached hydrogens (tertiary/aromatic N) is 2. The Kier molecular flexibility index (Phi) is 6.58. The summed E-state index contributed by atoms with van der Waals surface area (Å²) in [6.07, 6.45) is 4.91. The topological polar surface area (TPSA) is 68.1 Å². The van der Waals surface area contributed by atoms with E-state index in [1.807, 2.05) is 42.5 Å². The first-order valence-corrected chi connectivity index (χ1v) is 10.1. The molecule has 156 valence electrons. The third-order valence-corrected chi connectivity index (χ3v) is 4.67. The molecule has 0 saturated carbocycles. The number of aliphatic imine (C=N–C) groups is 2. The predicted octanol–water partition coefficient (Wildman–Crippen LogP) is 5.22. The highest BCUT2D eigenvalue weighted by Gasteiger charge is 2.16. The first-order chi connectivity index (χ1) is 15.7. The second kappa shape index (κ2) is 10.1. The minimum absolute atomic E-state index is 0.291. The highest BCUT2D eigenvalue weighted by atomic mass is 16.5. The lowest BCUT2D eigenvalue weighted by Crippen LogP contribution is -2.14. The minimum Gasteiger partial charge on any atom is -0.487 e. The highest BCUT2D eigenvalue weighted by molar-refractivity contribution is 6.25. The normalized spacial score (nSPS) is 15.4. The van der Waals surface area contributed by atoms with Crippen molar-refractivity contribution in [3.05, 3.63) is 132 Å². The maximum Gasteiger partial charge on any atom is 0.277 e. The van der Waals surface area contributed by atoms with Crippen molar-refractivity contribution in [3.63, 3.8) is 0 Å². The van der Waals surface area contributed by atoms with Gasteiger partial charge in [-0.25, -0.2) is 9.98 Å². The molecule has 5 heteroatoms. The Hall–Kier alpha value is -4.38. The molecule has 0 saturated heterocycles. The zero-order valence-electron chi connectivity index (χ0n) is 17.2. The lowest BCUT2D eigenvalue weighted by atomic mass is 10.1. The summed E-state index contributed by atoms with van der Waals surface area (Å²) in [4.78, 5) is 33.5. The fourth-order valence-electron chi connectivity index (χ4n) is 3.03. The van der Waals surface area contributed by atoms with Crippen molar-refractivity contribution in [2.75, 3.05) is 0 Å².